The Morgan fingerprint density at radius 1 is 0.512 bits per heavy atom. The van der Waals surface area contributed by atoms with Gasteiger partial charge in [0.15, 0.2) is 0 Å². The molecule has 43 heavy (non-hydrogen) atoms. The van der Waals surface area contributed by atoms with Crippen LogP contribution in [-0.2, 0) is 23.3 Å². The molecule has 1 aliphatic rings. The van der Waals surface area contributed by atoms with E-state index in [-0.39, 0.29) is 0 Å². The zero-order valence-electron chi connectivity index (χ0n) is 25.0. The van der Waals surface area contributed by atoms with Crippen LogP contribution in [0.4, 0.5) is 0 Å². The van der Waals surface area contributed by atoms with Crippen LogP contribution >= 0.6 is 0 Å². The van der Waals surface area contributed by atoms with Gasteiger partial charge >= 0.3 is 30.2 Å². The Bertz CT molecular complexity index is 1380. The number of ketones is 4. The topological polar surface area (TPSA) is 68.3 Å². The third-order valence-electron chi connectivity index (χ3n) is 6.79. The molecule has 0 fully saturated rings. The van der Waals surface area contributed by atoms with E-state index in [9.17, 15) is 19.2 Å². The molecule has 0 aromatic heterocycles. The van der Waals surface area contributed by atoms with Crippen molar-refractivity contribution < 1.29 is 42.5 Å². The van der Waals surface area contributed by atoms with E-state index in [1.54, 1.807) is 120 Å². The first-order valence-electron chi connectivity index (χ1n) is 13.7. The molecule has 0 saturated heterocycles. The Morgan fingerprint density at radius 3 is 0.884 bits per heavy atom. The van der Waals surface area contributed by atoms with E-state index in [0.29, 0.717) is 28.2 Å². The van der Waals surface area contributed by atoms with E-state index in [4.69, 9.17) is 0 Å². The van der Waals surface area contributed by atoms with Gasteiger partial charge in [0.2, 0.25) is 23.1 Å². The van der Waals surface area contributed by atoms with Crippen LogP contribution < -0.4 is 0 Å². The van der Waals surface area contributed by atoms with E-state index in [1.165, 1.54) is 16.7 Å². The summed E-state index contributed by atoms with van der Waals surface area (Å²) in [6.07, 6.45) is 3.36. The van der Waals surface area contributed by atoms with Gasteiger partial charge in [-0.05, 0) is 0 Å². The summed E-state index contributed by atoms with van der Waals surface area (Å²) in [6, 6.07) is 34.3. The van der Waals surface area contributed by atoms with E-state index >= 15 is 0 Å². The summed E-state index contributed by atoms with van der Waals surface area (Å²) < 4.78 is 0. The number of Topliss-reactive ketones (excluding diaryl/α,β-unsaturated/α-hetero) is 4. The fraction of sp³-hybridized carbons (Fsp3) is 0.135. The Morgan fingerprint density at radius 2 is 0.744 bits per heavy atom. The van der Waals surface area contributed by atoms with Crippen molar-refractivity contribution in [1.29, 1.82) is 0 Å². The molecule has 5 rings (SSSR count). The van der Waals surface area contributed by atoms with Gasteiger partial charge in [-0.25, -0.2) is 5.57 Å². The van der Waals surface area contributed by atoms with Crippen LogP contribution in [0.3, 0.4) is 0 Å². The molecule has 1 unspecified atom stereocenters. The van der Waals surface area contributed by atoms with Crippen molar-refractivity contribution in [2.45, 2.75) is 27.7 Å². The molecule has 216 valence electrons. The second-order valence-electron chi connectivity index (χ2n) is 9.58. The van der Waals surface area contributed by atoms with Crippen LogP contribution in [-0.4, -0.2) is 30.0 Å². The van der Waals surface area contributed by atoms with E-state index in [2.05, 4.69) is 33.8 Å². The van der Waals surface area contributed by atoms with Crippen LogP contribution in [0.25, 0.3) is 0 Å². The minimum atomic E-state index is -0.466. The average Bonchev–Trinajstić information content (AvgIpc) is 3.30. The first kappa shape index (κ1) is 35.3. The van der Waals surface area contributed by atoms with Crippen molar-refractivity contribution in [1.82, 2.24) is 0 Å². The van der Waals surface area contributed by atoms with Crippen molar-refractivity contribution in [2.75, 3.05) is 0 Å². The Labute approximate surface area is 271 Å². The number of carbonyl (C=O) groups excluding carboxylic acids is 4. The van der Waals surface area contributed by atoms with Crippen LogP contribution in [0.1, 0.15) is 69.1 Å². The van der Waals surface area contributed by atoms with Crippen molar-refractivity contribution in [3.05, 3.63) is 166 Å². The molecular weight excluding hydrogens is 628 g/mol. The summed E-state index contributed by atoms with van der Waals surface area (Å²) in [4.78, 5) is 47.2. The molecule has 4 nitrogen and oxygen atoms in total. The summed E-state index contributed by atoms with van der Waals surface area (Å²) in [7, 11) is 0. The summed E-state index contributed by atoms with van der Waals surface area (Å²) in [5.74, 6) is -1.30. The SMILES string of the molecule is CC1=[C-]C(C)C(C)=C1C.O=C(C(=O)c1ccccc1)c1ccccc1.O=C(C(=O)c1ccccc1)c1ccccc1.[SiH2]=[Zr]. The monoisotopic (exact) mass is 661 g/mol. The molecule has 0 heterocycles. The molecule has 6 heteroatoms. The van der Waals surface area contributed by atoms with Gasteiger partial charge in [0.25, 0.3) is 0 Å². The van der Waals surface area contributed by atoms with Gasteiger partial charge in [-0.15, -0.1) is 6.92 Å². The first-order valence-corrected chi connectivity index (χ1v) is 19.6. The minimum absolute atomic E-state index is 0.427. The molecule has 0 saturated carbocycles. The average molecular weight is 663 g/mol. The third kappa shape index (κ3) is 10.7. The van der Waals surface area contributed by atoms with E-state index in [0.717, 1.165) is 0 Å². The number of benzene rings is 4. The van der Waals surface area contributed by atoms with E-state index in [1.807, 2.05) is 31.1 Å². The second kappa shape index (κ2) is 18.6. The number of rotatable bonds is 6. The summed E-state index contributed by atoms with van der Waals surface area (Å²) in [6.45, 7) is 10.6. The maximum absolute atomic E-state index is 11.8. The zero-order valence-corrected chi connectivity index (χ0v) is 28.8. The van der Waals surface area contributed by atoms with E-state index < -0.39 is 23.1 Å². The fourth-order valence-corrected chi connectivity index (χ4v) is 4.04. The Balaban J connectivity index is 0.000000227. The van der Waals surface area contributed by atoms with Crippen molar-refractivity contribution >= 4 is 30.0 Å². The fourth-order valence-electron chi connectivity index (χ4n) is 4.04. The maximum atomic E-state index is 11.8. The van der Waals surface area contributed by atoms with Crippen LogP contribution in [0.2, 0.25) is 0 Å². The zero-order chi connectivity index (χ0) is 31.8. The quantitative estimate of drug-likeness (QED) is 0.0940. The van der Waals surface area contributed by atoms with Gasteiger partial charge in [0.05, 0.1) is 0 Å². The van der Waals surface area contributed by atoms with Crippen molar-refractivity contribution in [3.63, 3.8) is 0 Å². The molecule has 4 aromatic rings. The van der Waals surface area contributed by atoms with Crippen molar-refractivity contribution in [3.8, 4) is 0 Å². The standard InChI is InChI=1S/2C14H10O2.C9H13.H2Si.Zr/c2*15-13(11-7-3-1-4-8-11)14(16)12-9-5-2-6-10-12;1-6-5-7(2)9(4)8(6)3;;/h2*1-10H;6H,1-4H3;1H2;/q;;-1;;. The molecule has 0 amide bonds. The Kier molecular flexibility index (Phi) is 15.3. The molecule has 0 spiro atoms. The van der Waals surface area contributed by atoms with Gasteiger partial charge in [-0.1, -0.05) is 148 Å². The normalized spacial score (nSPS) is 13.0. The van der Waals surface area contributed by atoms with Gasteiger partial charge in [-0.2, -0.15) is 11.1 Å². The second-order valence-corrected chi connectivity index (χ2v) is 9.58. The number of hydrogen-bond donors (Lipinski definition) is 0. The molecule has 1 atom stereocenters. The van der Waals surface area contributed by atoms with Crippen molar-refractivity contribution in [2.24, 2.45) is 5.92 Å². The summed E-state index contributed by atoms with van der Waals surface area (Å²) in [5, 5.41) is 0. The number of allylic oxidation sites excluding steroid dienone is 4. The van der Waals surface area contributed by atoms with Crippen LogP contribution in [0.5, 0.6) is 0 Å². The Hall–Kier alpha value is -3.86. The van der Waals surface area contributed by atoms with Gasteiger partial charge in [0, 0.05) is 22.3 Å². The molecule has 0 aliphatic heterocycles. The summed E-state index contributed by atoms with van der Waals surface area (Å²) in [5.41, 5.74) is 5.95. The number of carbonyl (C=O) groups is 4. The first-order chi connectivity index (χ1) is 20.7. The predicted octanol–water partition coefficient (Wildman–Crippen LogP) is 7.31. The molecular formula is C37H35O4SiZr-. The van der Waals surface area contributed by atoms with Gasteiger partial charge in [-0.3, -0.25) is 25.3 Å². The predicted molar refractivity (Wildman–Crippen MR) is 172 cm³/mol. The van der Waals surface area contributed by atoms with Crippen LogP contribution in [0, 0.1) is 12.0 Å². The molecule has 0 radical (unpaired) electrons. The number of hydrogen-bond acceptors (Lipinski definition) is 4. The van der Waals surface area contributed by atoms with Gasteiger partial charge in [0.1, 0.15) is 0 Å². The molecule has 0 bridgehead atoms. The molecule has 1 aliphatic carbocycles. The van der Waals surface area contributed by atoms with Crippen LogP contribution in [0.15, 0.2) is 138 Å². The third-order valence-corrected chi connectivity index (χ3v) is 6.79. The summed E-state index contributed by atoms with van der Waals surface area (Å²) >= 11 is 1.58. The van der Waals surface area contributed by atoms with Gasteiger partial charge < -0.3 is 0 Å². The molecule has 4 aromatic carbocycles. The molecule has 0 N–H and O–H groups in total.